The first-order valence-electron chi connectivity index (χ1n) is 4.90. The van der Waals surface area contributed by atoms with Crippen LogP contribution >= 0.6 is 0 Å². The maximum absolute atomic E-state index is 12.2. The van der Waals surface area contributed by atoms with E-state index in [1.165, 1.54) is 29.8 Å². The Morgan fingerprint density at radius 3 is 2.88 bits per heavy atom. The first kappa shape index (κ1) is 12.6. The summed E-state index contributed by atoms with van der Waals surface area (Å²) >= 11 is 0. The summed E-state index contributed by atoms with van der Waals surface area (Å²) < 4.78 is 25.5. The molecule has 0 saturated heterocycles. The number of halogens is 2. The molecule has 0 spiro atoms. The van der Waals surface area contributed by atoms with Gasteiger partial charge in [0.2, 0.25) is 0 Å². The van der Waals surface area contributed by atoms with E-state index >= 15 is 0 Å². The molecule has 1 aromatic heterocycles. The van der Waals surface area contributed by atoms with Crippen molar-refractivity contribution in [2.45, 2.75) is 26.0 Å². The average Bonchev–Trinajstić information content (AvgIpc) is 2.61. The van der Waals surface area contributed by atoms with E-state index in [4.69, 9.17) is 5.11 Å². The lowest BCUT2D eigenvalue weighted by Gasteiger charge is -2.10. The van der Waals surface area contributed by atoms with Crippen LogP contribution < -0.4 is 5.32 Å². The molecule has 90 valence electrons. The normalized spacial score (nSPS) is 12.8. The molecule has 0 aliphatic rings. The maximum atomic E-state index is 12.2. The quantitative estimate of drug-likeness (QED) is 0.791. The number of amides is 1. The van der Waals surface area contributed by atoms with E-state index in [2.05, 4.69) is 5.32 Å². The van der Waals surface area contributed by atoms with E-state index in [-0.39, 0.29) is 12.2 Å². The first-order valence-corrected chi connectivity index (χ1v) is 4.90. The van der Waals surface area contributed by atoms with Crippen molar-refractivity contribution in [1.82, 2.24) is 9.88 Å². The van der Waals surface area contributed by atoms with Gasteiger partial charge in [0.1, 0.15) is 5.69 Å². The fourth-order valence-electron chi connectivity index (χ4n) is 1.26. The second kappa shape index (κ2) is 5.60. The summed E-state index contributed by atoms with van der Waals surface area (Å²) in [6.07, 6.45) is -1.75. The molecule has 0 aliphatic carbocycles. The van der Waals surface area contributed by atoms with Gasteiger partial charge in [-0.25, -0.2) is 8.78 Å². The van der Waals surface area contributed by atoms with Crippen molar-refractivity contribution in [3.8, 4) is 0 Å². The van der Waals surface area contributed by atoms with Gasteiger partial charge in [0.15, 0.2) is 0 Å². The Morgan fingerprint density at radius 1 is 1.62 bits per heavy atom. The Hall–Kier alpha value is -1.43. The third kappa shape index (κ3) is 3.62. The van der Waals surface area contributed by atoms with Gasteiger partial charge >= 0.3 is 0 Å². The molecule has 2 N–H and O–H groups in total. The lowest BCUT2D eigenvalue weighted by Crippen LogP contribution is -2.32. The highest BCUT2D eigenvalue weighted by molar-refractivity contribution is 5.92. The number of aliphatic hydroxyl groups is 1. The number of nitrogens with zero attached hydrogens (tertiary/aromatic N) is 1. The van der Waals surface area contributed by atoms with Gasteiger partial charge in [-0.1, -0.05) is 0 Å². The third-order valence-corrected chi connectivity index (χ3v) is 1.95. The molecule has 1 atom stereocenters. The zero-order chi connectivity index (χ0) is 12.1. The number of rotatable bonds is 5. The van der Waals surface area contributed by atoms with Crippen LogP contribution in [0.5, 0.6) is 0 Å². The second-order valence-corrected chi connectivity index (χ2v) is 3.50. The summed E-state index contributed by atoms with van der Waals surface area (Å²) in [7, 11) is 0. The highest BCUT2D eigenvalue weighted by Crippen LogP contribution is 2.06. The van der Waals surface area contributed by atoms with Crippen molar-refractivity contribution >= 4 is 5.91 Å². The molecular weight excluding hydrogens is 218 g/mol. The molecule has 4 nitrogen and oxygen atoms in total. The average molecular weight is 232 g/mol. The SMILES string of the molecule is CC(O)CNC(=O)c1cccn1CC(F)F. The summed E-state index contributed by atoms with van der Waals surface area (Å²) in [5, 5.41) is 11.4. The van der Waals surface area contributed by atoms with E-state index in [0.29, 0.717) is 0 Å². The number of hydrogen-bond donors (Lipinski definition) is 2. The van der Waals surface area contributed by atoms with E-state index in [1.807, 2.05) is 0 Å². The molecule has 0 fully saturated rings. The Labute approximate surface area is 91.9 Å². The Bertz CT molecular complexity index is 350. The van der Waals surface area contributed by atoms with Crippen LogP contribution in [0.1, 0.15) is 17.4 Å². The van der Waals surface area contributed by atoms with E-state index in [9.17, 15) is 13.6 Å². The summed E-state index contributed by atoms with van der Waals surface area (Å²) in [6, 6.07) is 2.99. The van der Waals surface area contributed by atoms with Crippen molar-refractivity contribution in [3.05, 3.63) is 24.0 Å². The van der Waals surface area contributed by atoms with Crippen LogP contribution in [0.2, 0.25) is 0 Å². The molecule has 0 aromatic carbocycles. The zero-order valence-electron chi connectivity index (χ0n) is 8.86. The van der Waals surface area contributed by atoms with E-state index in [0.717, 1.165) is 0 Å². The van der Waals surface area contributed by atoms with Crippen molar-refractivity contribution < 1.29 is 18.7 Å². The molecule has 16 heavy (non-hydrogen) atoms. The molecular formula is C10H14F2N2O2. The third-order valence-electron chi connectivity index (χ3n) is 1.95. The highest BCUT2D eigenvalue weighted by Gasteiger charge is 2.13. The number of carbonyl (C=O) groups excluding carboxylic acids is 1. The van der Waals surface area contributed by atoms with Crippen LogP contribution in [0, 0.1) is 0 Å². The first-order chi connectivity index (χ1) is 7.50. The molecule has 1 aromatic rings. The second-order valence-electron chi connectivity index (χ2n) is 3.50. The van der Waals surface area contributed by atoms with Gasteiger partial charge in [-0.2, -0.15) is 0 Å². The fraction of sp³-hybridized carbons (Fsp3) is 0.500. The molecule has 1 unspecified atom stereocenters. The molecule has 0 saturated carbocycles. The zero-order valence-corrected chi connectivity index (χ0v) is 8.86. The van der Waals surface area contributed by atoms with Gasteiger partial charge < -0.3 is 15.0 Å². The minimum Gasteiger partial charge on any atom is -0.392 e. The van der Waals surface area contributed by atoms with Crippen LogP contribution in [0.4, 0.5) is 8.78 Å². The van der Waals surface area contributed by atoms with Crippen molar-refractivity contribution in [2.75, 3.05) is 6.54 Å². The van der Waals surface area contributed by atoms with E-state index < -0.39 is 25.0 Å². The molecule has 0 bridgehead atoms. The van der Waals surface area contributed by atoms with Crippen LogP contribution in [0.3, 0.4) is 0 Å². The summed E-state index contributed by atoms with van der Waals surface area (Å²) in [5.41, 5.74) is 0.168. The van der Waals surface area contributed by atoms with Gasteiger partial charge in [0.25, 0.3) is 12.3 Å². The molecule has 0 radical (unpaired) electrons. The number of aromatic nitrogens is 1. The van der Waals surface area contributed by atoms with Gasteiger partial charge in [-0.3, -0.25) is 4.79 Å². The van der Waals surface area contributed by atoms with Crippen LogP contribution in [0.15, 0.2) is 18.3 Å². The Kier molecular flexibility index (Phi) is 4.42. The van der Waals surface area contributed by atoms with Crippen LogP contribution in [-0.2, 0) is 6.54 Å². The smallest absolute Gasteiger partial charge is 0.267 e. The van der Waals surface area contributed by atoms with E-state index in [1.54, 1.807) is 0 Å². The van der Waals surface area contributed by atoms with Crippen molar-refractivity contribution in [1.29, 1.82) is 0 Å². The summed E-state index contributed by atoms with van der Waals surface area (Å²) in [4.78, 5) is 11.5. The predicted octanol–water partition coefficient (Wildman–Crippen LogP) is 0.864. The Morgan fingerprint density at radius 2 is 2.31 bits per heavy atom. The number of carbonyl (C=O) groups is 1. The van der Waals surface area contributed by atoms with Gasteiger partial charge in [0.05, 0.1) is 12.6 Å². The van der Waals surface area contributed by atoms with Crippen molar-refractivity contribution in [2.24, 2.45) is 0 Å². The van der Waals surface area contributed by atoms with Crippen molar-refractivity contribution in [3.63, 3.8) is 0 Å². The number of alkyl halides is 2. The largest absolute Gasteiger partial charge is 0.392 e. The number of hydrogen-bond acceptors (Lipinski definition) is 2. The maximum Gasteiger partial charge on any atom is 0.267 e. The van der Waals surface area contributed by atoms with Crippen LogP contribution in [-0.4, -0.2) is 34.7 Å². The number of aliphatic hydroxyl groups excluding tert-OH is 1. The minimum absolute atomic E-state index is 0.0959. The fourth-order valence-corrected chi connectivity index (χ4v) is 1.26. The number of nitrogens with one attached hydrogen (secondary N) is 1. The van der Waals surface area contributed by atoms with Gasteiger partial charge in [0, 0.05) is 12.7 Å². The summed E-state index contributed by atoms with van der Waals surface area (Å²) in [6.45, 7) is 1.11. The topological polar surface area (TPSA) is 54.3 Å². The van der Waals surface area contributed by atoms with Crippen LogP contribution in [0.25, 0.3) is 0 Å². The molecule has 1 heterocycles. The predicted molar refractivity (Wildman–Crippen MR) is 54.5 cm³/mol. The molecule has 6 heteroatoms. The Balaban J connectivity index is 2.64. The molecule has 1 rings (SSSR count). The monoisotopic (exact) mass is 232 g/mol. The lowest BCUT2D eigenvalue weighted by atomic mass is 10.3. The standard InChI is InChI=1S/C10H14F2N2O2/c1-7(15)5-13-10(16)8-3-2-4-14(8)6-9(11)12/h2-4,7,9,15H,5-6H2,1H3,(H,13,16). The molecule has 0 aliphatic heterocycles. The minimum atomic E-state index is -2.50. The lowest BCUT2D eigenvalue weighted by molar-refractivity contribution is 0.0902. The highest BCUT2D eigenvalue weighted by atomic mass is 19.3. The van der Waals surface area contributed by atoms with Gasteiger partial charge in [-0.15, -0.1) is 0 Å². The molecule has 1 amide bonds. The summed E-state index contributed by atoms with van der Waals surface area (Å²) in [5.74, 6) is -0.466. The van der Waals surface area contributed by atoms with Gasteiger partial charge in [-0.05, 0) is 19.1 Å².